The Balaban J connectivity index is 1.54. The van der Waals surface area contributed by atoms with Crippen LogP contribution in [-0.4, -0.2) is 24.2 Å². The highest BCUT2D eigenvalue weighted by molar-refractivity contribution is 5.40. The van der Waals surface area contributed by atoms with E-state index in [2.05, 4.69) is 15.3 Å². The van der Waals surface area contributed by atoms with E-state index in [0.717, 1.165) is 29.2 Å². The summed E-state index contributed by atoms with van der Waals surface area (Å²) in [6.07, 6.45) is 3.29. The quantitative estimate of drug-likeness (QED) is 0.669. The number of hydrogen-bond acceptors (Lipinski definition) is 6. The molecule has 1 heterocycles. The summed E-state index contributed by atoms with van der Waals surface area (Å²) in [5.74, 6) is 2.30. The van der Waals surface area contributed by atoms with Gasteiger partial charge in [0.15, 0.2) is 0 Å². The van der Waals surface area contributed by atoms with E-state index in [0.29, 0.717) is 18.3 Å². The summed E-state index contributed by atoms with van der Waals surface area (Å²) in [4.78, 5) is 8.08. The molecular formula is C20H21N3O3. The lowest BCUT2D eigenvalue weighted by atomic mass is 10.1. The zero-order valence-electron chi connectivity index (χ0n) is 14.8. The van der Waals surface area contributed by atoms with Crippen molar-refractivity contribution < 1.29 is 14.2 Å². The van der Waals surface area contributed by atoms with E-state index in [1.807, 2.05) is 42.5 Å². The van der Waals surface area contributed by atoms with E-state index in [1.165, 1.54) is 0 Å². The summed E-state index contributed by atoms with van der Waals surface area (Å²) in [6, 6.07) is 15.7. The van der Waals surface area contributed by atoms with Crippen LogP contribution < -0.4 is 19.5 Å². The Kier molecular flexibility index (Phi) is 6.01. The second-order valence-corrected chi connectivity index (χ2v) is 5.56. The molecule has 3 aromatic rings. The molecule has 0 atom stereocenters. The fourth-order valence-corrected chi connectivity index (χ4v) is 2.46. The molecule has 0 saturated heterocycles. The fourth-order valence-electron chi connectivity index (χ4n) is 2.46. The molecule has 1 N–H and O–H groups in total. The normalized spacial score (nSPS) is 10.4. The van der Waals surface area contributed by atoms with Crippen LogP contribution in [-0.2, 0) is 13.1 Å². The molecule has 0 saturated carbocycles. The Morgan fingerprint density at radius 3 is 2.27 bits per heavy atom. The van der Waals surface area contributed by atoms with Crippen molar-refractivity contribution >= 4 is 0 Å². The summed E-state index contributed by atoms with van der Waals surface area (Å²) >= 11 is 0. The Labute approximate surface area is 152 Å². The Morgan fingerprint density at radius 2 is 1.58 bits per heavy atom. The number of nitrogens with zero attached hydrogens (tertiary/aromatic N) is 2. The first-order valence-electron chi connectivity index (χ1n) is 8.24. The van der Waals surface area contributed by atoms with Gasteiger partial charge in [0, 0.05) is 37.1 Å². The summed E-state index contributed by atoms with van der Waals surface area (Å²) in [5.41, 5.74) is 2.23. The number of aromatic nitrogens is 2. The third-order valence-electron chi connectivity index (χ3n) is 3.81. The summed E-state index contributed by atoms with van der Waals surface area (Å²) in [7, 11) is 3.30. The van der Waals surface area contributed by atoms with E-state index in [4.69, 9.17) is 14.2 Å². The zero-order valence-corrected chi connectivity index (χ0v) is 14.8. The molecule has 0 amide bonds. The molecule has 2 aromatic carbocycles. The summed E-state index contributed by atoms with van der Waals surface area (Å²) < 4.78 is 16.2. The molecule has 0 bridgehead atoms. The van der Waals surface area contributed by atoms with Gasteiger partial charge in [0.1, 0.15) is 17.2 Å². The van der Waals surface area contributed by atoms with Gasteiger partial charge in [0.25, 0.3) is 0 Å². The number of ether oxygens (including phenoxy) is 3. The molecule has 0 fully saturated rings. The highest BCUT2D eigenvalue weighted by Crippen LogP contribution is 2.24. The van der Waals surface area contributed by atoms with Crippen molar-refractivity contribution in [1.29, 1.82) is 0 Å². The minimum atomic E-state index is 0.338. The maximum Gasteiger partial charge on any atom is 0.321 e. The van der Waals surface area contributed by atoms with Crippen LogP contribution in [0.2, 0.25) is 0 Å². The molecule has 1 aromatic heterocycles. The molecule has 0 unspecified atom stereocenters. The number of rotatable bonds is 8. The van der Waals surface area contributed by atoms with Gasteiger partial charge in [-0.25, -0.2) is 9.97 Å². The highest BCUT2D eigenvalue weighted by Gasteiger charge is 2.05. The molecule has 3 rings (SSSR count). The Bertz CT molecular complexity index is 823. The SMILES string of the molecule is COc1ccc(CNCc2ccc(Oc3ncccn3)cc2)c(OC)c1. The summed E-state index contributed by atoms with van der Waals surface area (Å²) in [6.45, 7) is 1.43. The van der Waals surface area contributed by atoms with Crippen LogP contribution >= 0.6 is 0 Å². The number of nitrogens with one attached hydrogen (secondary N) is 1. The predicted molar refractivity (Wildman–Crippen MR) is 98.6 cm³/mol. The molecular weight excluding hydrogens is 330 g/mol. The molecule has 6 nitrogen and oxygen atoms in total. The molecule has 134 valence electrons. The second kappa shape index (κ2) is 8.82. The van der Waals surface area contributed by atoms with Crippen LogP contribution in [0.1, 0.15) is 11.1 Å². The van der Waals surface area contributed by atoms with Crippen LogP contribution in [0.4, 0.5) is 0 Å². The Hall–Kier alpha value is -3.12. The molecule has 0 aliphatic rings. The van der Waals surface area contributed by atoms with Gasteiger partial charge in [0.2, 0.25) is 0 Å². The first-order valence-corrected chi connectivity index (χ1v) is 8.24. The summed E-state index contributed by atoms with van der Waals surface area (Å²) in [5, 5.41) is 3.41. The number of hydrogen-bond donors (Lipinski definition) is 1. The molecule has 0 aliphatic heterocycles. The van der Waals surface area contributed by atoms with Crippen molar-refractivity contribution in [1.82, 2.24) is 15.3 Å². The van der Waals surface area contributed by atoms with Gasteiger partial charge < -0.3 is 19.5 Å². The average molecular weight is 351 g/mol. The van der Waals surface area contributed by atoms with Gasteiger partial charge in [-0.1, -0.05) is 18.2 Å². The lowest BCUT2D eigenvalue weighted by molar-refractivity contribution is 0.390. The molecule has 26 heavy (non-hydrogen) atoms. The smallest absolute Gasteiger partial charge is 0.321 e. The van der Waals surface area contributed by atoms with Crippen molar-refractivity contribution in [2.24, 2.45) is 0 Å². The third-order valence-corrected chi connectivity index (χ3v) is 3.81. The number of benzene rings is 2. The van der Waals surface area contributed by atoms with Crippen LogP contribution in [0.25, 0.3) is 0 Å². The predicted octanol–water partition coefficient (Wildman–Crippen LogP) is 3.58. The molecule has 0 spiro atoms. The van der Waals surface area contributed by atoms with E-state index in [-0.39, 0.29) is 0 Å². The van der Waals surface area contributed by atoms with E-state index in [9.17, 15) is 0 Å². The first-order chi connectivity index (χ1) is 12.8. The average Bonchev–Trinajstić information content (AvgIpc) is 2.70. The minimum Gasteiger partial charge on any atom is -0.497 e. The van der Waals surface area contributed by atoms with Gasteiger partial charge in [-0.05, 0) is 29.8 Å². The van der Waals surface area contributed by atoms with Gasteiger partial charge in [-0.15, -0.1) is 0 Å². The van der Waals surface area contributed by atoms with E-state index in [1.54, 1.807) is 32.7 Å². The maximum absolute atomic E-state index is 5.59. The highest BCUT2D eigenvalue weighted by atomic mass is 16.5. The molecule has 0 radical (unpaired) electrons. The van der Waals surface area contributed by atoms with Crippen molar-refractivity contribution in [3.05, 3.63) is 72.1 Å². The second-order valence-electron chi connectivity index (χ2n) is 5.56. The standard InChI is InChI=1S/C20H21N3O3/c1-24-18-9-6-16(19(12-18)25-2)14-21-13-15-4-7-17(8-5-15)26-20-22-10-3-11-23-20/h3-12,21H,13-14H2,1-2H3. The molecule has 0 aliphatic carbocycles. The van der Waals surface area contributed by atoms with Crippen molar-refractivity contribution in [2.75, 3.05) is 14.2 Å². The van der Waals surface area contributed by atoms with Gasteiger partial charge in [0.05, 0.1) is 14.2 Å². The number of methoxy groups -OCH3 is 2. The zero-order chi connectivity index (χ0) is 18.2. The van der Waals surface area contributed by atoms with E-state index >= 15 is 0 Å². The fraction of sp³-hybridized carbons (Fsp3) is 0.200. The Morgan fingerprint density at radius 1 is 0.846 bits per heavy atom. The van der Waals surface area contributed by atoms with Gasteiger partial charge >= 0.3 is 6.01 Å². The maximum atomic E-state index is 5.59. The van der Waals surface area contributed by atoms with Crippen molar-refractivity contribution in [3.63, 3.8) is 0 Å². The topological polar surface area (TPSA) is 65.5 Å². The lowest BCUT2D eigenvalue weighted by Crippen LogP contribution is -2.13. The third kappa shape index (κ3) is 4.70. The lowest BCUT2D eigenvalue weighted by Gasteiger charge is -2.11. The monoisotopic (exact) mass is 351 g/mol. The van der Waals surface area contributed by atoms with Gasteiger partial charge in [-0.2, -0.15) is 0 Å². The largest absolute Gasteiger partial charge is 0.497 e. The van der Waals surface area contributed by atoms with E-state index < -0.39 is 0 Å². The van der Waals surface area contributed by atoms with Crippen LogP contribution in [0.5, 0.6) is 23.3 Å². The van der Waals surface area contributed by atoms with Crippen molar-refractivity contribution in [2.45, 2.75) is 13.1 Å². The van der Waals surface area contributed by atoms with Gasteiger partial charge in [-0.3, -0.25) is 0 Å². The van der Waals surface area contributed by atoms with Crippen molar-refractivity contribution in [3.8, 4) is 23.3 Å². The first kappa shape index (κ1) is 17.7. The molecule has 6 heteroatoms. The van der Waals surface area contributed by atoms with Crippen LogP contribution in [0, 0.1) is 0 Å². The minimum absolute atomic E-state index is 0.338. The van der Waals surface area contributed by atoms with Crippen LogP contribution in [0.3, 0.4) is 0 Å². The van der Waals surface area contributed by atoms with Crippen LogP contribution in [0.15, 0.2) is 60.9 Å².